The second-order valence-corrected chi connectivity index (χ2v) is 11.3. The third-order valence-corrected chi connectivity index (χ3v) is 8.26. The zero-order valence-electron chi connectivity index (χ0n) is 22.9. The summed E-state index contributed by atoms with van der Waals surface area (Å²) in [5, 5.41) is 7.18. The molecular weight excluding hydrogens is 605 g/mol. The van der Waals surface area contributed by atoms with Crippen molar-refractivity contribution in [3.8, 4) is 11.5 Å². The first-order valence-corrected chi connectivity index (χ1v) is 14.5. The van der Waals surface area contributed by atoms with Crippen LogP contribution in [0.3, 0.4) is 0 Å². The molecule has 1 unspecified atom stereocenters. The van der Waals surface area contributed by atoms with Gasteiger partial charge in [0.15, 0.2) is 11.5 Å². The molecule has 1 aromatic heterocycles. The minimum atomic E-state index is -1.03. The number of amides is 2. The highest BCUT2D eigenvalue weighted by molar-refractivity contribution is 7.17. The third-order valence-electron chi connectivity index (χ3n) is 6.35. The van der Waals surface area contributed by atoms with Crippen LogP contribution in [0.4, 0.5) is 5.00 Å². The third kappa shape index (κ3) is 7.28. The summed E-state index contributed by atoms with van der Waals surface area (Å²) in [6.07, 6.45) is 3.69. The van der Waals surface area contributed by atoms with E-state index in [1.54, 1.807) is 13.0 Å². The van der Waals surface area contributed by atoms with Crippen LogP contribution < -0.4 is 20.2 Å². The van der Waals surface area contributed by atoms with Crippen LogP contribution in [0, 0.1) is 5.92 Å². The predicted molar refractivity (Wildman–Crippen MR) is 160 cm³/mol. The summed E-state index contributed by atoms with van der Waals surface area (Å²) in [6.45, 7) is 4.02. The lowest BCUT2D eigenvalue weighted by molar-refractivity contribution is -0.136. The molecule has 1 aliphatic rings. The largest absolute Gasteiger partial charge is 0.493 e. The summed E-state index contributed by atoms with van der Waals surface area (Å²) in [4.78, 5) is 51.3. The molecular formula is C29H27Cl2N3O7S. The molecule has 0 radical (unpaired) electrons. The van der Waals surface area contributed by atoms with Crippen molar-refractivity contribution >= 4 is 69.5 Å². The van der Waals surface area contributed by atoms with Crippen LogP contribution >= 0.6 is 34.5 Å². The Morgan fingerprint density at radius 2 is 1.83 bits per heavy atom. The lowest BCUT2D eigenvalue weighted by Gasteiger charge is -2.18. The van der Waals surface area contributed by atoms with Gasteiger partial charge in [0.05, 0.1) is 41.1 Å². The minimum Gasteiger partial charge on any atom is -0.493 e. The minimum absolute atomic E-state index is 0.138. The van der Waals surface area contributed by atoms with Gasteiger partial charge < -0.3 is 19.5 Å². The van der Waals surface area contributed by atoms with Crippen molar-refractivity contribution < 1.29 is 33.4 Å². The number of fused-ring (bicyclic) bond motifs is 1. The number of ether oxygens (including phenoxy) is 3. The quantitative estimate of drug-likeness (QED) is 0.108. The Balaban J connectivity index is 1.40. The number of thiophene rings is 1. The molecule has 0 saturated heterocycles. The molecule has 0 aliphatic heterocycles. The molecule has 2 amide bonds. The number of hydrazone groups is 1. The molecule has 3 aromatic rings. The van der Waals surface area contributed by atoms with Crippen LogP contribution in [-0.4, -0.2) is 43.7 Å². The van der Waals surface area contributed by atoms with E-state index in [2.05, 4.69) is 22.8 Å². The molecule has 10 nitrogen and oxygen atoms in total. The van der Waals surface area contributed by atoms with Crippen molar-refractivity contribution in [1.29, 1.82) is 0 Å². The van der Waals surface area contributed by atoms with Crippen LogP contribution in [-0.2, 0) is 27.2 Å². The van der Waals surface area contributed by atoms with Gasteiger partial charge in [0.2, 0.25) is 0 Å². The van der Waals surface area contributed by atoms with Crippen molar-refractivity contribution in [2.45, 2.75) is 33.1 Å². The Morgan fingerprint density at radius 1 is 1.05 bits per heavy atom. The summed E-state index contributed by atoms with van der Waals surface area (Å²) >= 11 is 13.2. The number of esters is 2. The maximum absolute atomic E-state index is 12.7. The number of hydrogen-bond donors (Lipinski definition) is 2. The maximum Gasteiger partial charge on any atom is 0.343 e. The number of anilines is 1. The van der Waals surface area contributed by atoms with E-state index in [9.17, 15) is 19.2 Å². The first kappa shape index (κ1) is 31.0. The van der Waals surface area contributed by atoms with Crippen molar-refractivity contribution in [3.05, 3.63) is 73.6 Å². The van der Waals surface area contributed by atoms with Crippen molar-refractivity contribution in [1.82, 2.24) is 5.43 Å². The highest BCUT2D eigenvalue weighted by Gasteiger charge is 2.30. The molecule has 1 atom stereocenters. The Labute approximate surface area is 255 Å². The number of methoxy groups -OCH3 is 1. The van der Waals surface area contributed by atoms with Gasteiger partial charge in [0, 0.05) is 4.88 Å². The van der Waals surface area contributed by atoms with Gasteiger partial charge in [-0.15, -0.1) is 11.3 Å². The van der Waals surface area contributed by atoms with E-state index in [1.165, 1.54) is 55.0 Å². The fourth-order valence-corrected chi connectivity index (χ4v) is 5.96. The number of nitrogens with zero attached hydrogens (tertiary/aromatic N) is 1. The smallest absolute Gasteiger partial charge is 0.343 e. The molecule has 0 spiro atoms. The normalized spacial score (nSPS) is 14.2. The lowest BCUT2D eigenvalue weighted by atomic mass is 9.88. The first-order valence-electron chi connectivity index (χ1n) is 12.9. The number of carbonyl (C=O) groups is 4. The summed E-state index contributed by atoms with van der Waals surface area (Å²) in [5.41, 5.74) is 4.02. The summed E-state index contributed by atoms with van der Waals surface area (Å²) in [5.74, 6) is -2.39. The number of rotatable bonds is 8. The van der Waals surface area contributed by atoms with E-state index in [0.717, 1.165) is 23.3 Å². The van der Waals surface area contributed by atoms with Gasteiger partial charge in [-0.05, 0) is 79.6 Å². The average molecular weight is 633 g/mol. The Bertz CT molecular complexity index is 1570. The van der Waals surface area contributed by atoms with Gasteiger partial charge >= 0.3 is 23.8 Å². The van der Waals surface area contributed by atoms with E-state index in [4.69, 9.17) is 37.4 Å². The SMILES string of the molecule is CCOC(=O)c1c(NC(=O)C(=O)N/N=C/c2ccc(OC(=O)c3ccc(Cl)c(Cl)c3)c(OC)c2)sc2c1CCC(C)C2. The fourth-order valence-electron chi connectivity index (χ4n) is 4.26. The van der Waals surface area contributed by atoms with Gasteiger partial charge in [-0.3, -0.25) is 9.59 Å². The molecule has 2 aromatic carbocycles. The van der Waals surface area contributed by atoms with E-state index < -0.39 is 23.8 Å². The van der Waals surface area contributed by atoms with Gasteiger partial charge in [0.25, 0.3) is 0 Å². The van der Waals surface area contributed by atoms with Crippen molar-refractivity contribution in [2.75, 3.05) is 19.0 Å². The predicted octanol–water partition coefficient (Wildman–Crippen LogP) is 5.67. The van der Waals surface area contributed by atoms with Gasteiger partial charge in [0.1, 0.15) is 5.00 Å². The number of nitrogens with one attached hydrogen (secondary N) is 2. The summed E-state index contributed by atoms with van der Waals surface area (Å²) in [7, 11) is 1.40. The fraction of sp³-hybridized carbons (Fsp3) is 0.276. The second-order valence-electron chi connectivity index (χ2n) is 9.36. The van der Waals surface area contributed by atoms with E-state index in [1.807, 2.05) is 0 Å². The Kier molecular flexibility index (Phi) is 10.2. The van der Waals surface area contributed by atoms with E-state index >= 15 is 0 Å². The number of carbonyl (C=O) groups excluding carboxylic acids is 4. The topological polar surface area (TPSA) is 132 Å². The van der Waals surface area contributed by atoms with Crippen LogP contribution in [0.1, 0.15) is 57.0 Å². The molecule has 1 aliphatic carbocycles. The maximum atomic E-state index is 12.7. The molecule has 220 valence electrons. The number of benzene rings is 2. The zero-order chi connectivity index (χ0) is 30.4. The molecule has 0 bridgehead atoms. The van der Waals surface area contributed by atoms with E-state index in [-0.39, 0.29) is 33.7 Å². The van der Waals surface area contributed by atoms with Crippen molar-refractivity contribution in [2.24, 2.45) is 11.0 Å². The van der Waals surface area contributed by atoms with Gasteiger partial charge in [-0.2, -0.15) is 5.10 Å². The molecule has 2 N–H and O–H groups in total. The highest BCUT2D eigenvalue weighted by Crippen LogP contribution is 2.40. The van der Waals surface area contributed by atoms with Gasteiger partial charge in [-0.1, -0.05) is 30.1 Å². The second kappa shape index (κ2) is 13.8. The standard InChI is InChI=1S/C29H27Cl2N3O7S/c1-4-40-29(38)24-18-8-5-15(2)11-23(18)42-27(24)33-25(35)26(36)34-32-14-16-6-10-21(22(12-16)39-3)41-28(37)17-7-9-19(30)20(31)13-17/h6-7,9-10,12-15H,4-5,8,11H2,1-3H3,(H,33,35)(H,34,36)/b32-14+. The first-order chi connectivity index (χ1) is 20.1. The molecule has 4 rings (SSSR count). The van der Waals surface area contributed by atoms with Crippen LogP contribution in [0.2, 0.25) is 10.0 Å². The molecule has 0 saturated carbocycles. The van der Waals surface area contributed by atoms with Gasteiger partial charge in [-0.25, -0.2) is 15.0 Å². The monoisotopic (exact) mass is 631 g/mol. The lowest BCUT2D eigenvalue weighted by Crippen LogP contribution is -2.32. The summed E-state index contributed by atoms with van der Waals surface area (Å²) in [6, 6.07) is 8.94. The zero-order valence-corrected chi connectivity index (χ0v) is 25.2. The number of hydrogen-bond acceptors (Lipinski definition) is 9. The highest BCUT2D eigenvalue weighted by atomic mass is 35.5. The van der Waals surface area contributed by atoms with Crippen molar-refractivity contribution in [3.63, 3.8) is 0 Å². The molecule has 1 heterocycles. The van der Waals surface area contributed by atoms with Crippen LogP contribution in [0.5, 0.6) is 11.5 Å². The summed E-state index contributed by atoms with van der Waals surface area (Å²) < 4.78 is 15.9. The van der Waals surface area contributed by atoms with E-state index in [0.29, 0.717) is 28.5 Å². The molecule has 42 heavy (non-hydrogen) atoms. The number of halogens is 2. The Morgan fingerprint density at radius 3 is 2.55 bits per heavy atom. The Hall–Kier alpha value is -3.93. The average Bonchev–Trinajstić information content (AvgIpc) is 3.31. The molecule has 0 fully saturated rings. The van der Waals surface area contributed by atoms with Crippen LogP contribution in [0.25, 0.3) is 0 Å². The van der Waals surface area contributed by atoms with Crippen LogP contribution in [0.15, 0.2) is 41.5 Å². The molecule has 13 heteroatoms.